The Morgan fingerprint density at radius 1 is 1.56 bits per heavy atom. The molecule has 2 rings (SSSR count). The molecular weight excluding hydrogens is 250 g/mol. The van der Waals surface area contributed by atoms with Gasteiger partial charge in [-0.15, -0.1) is 11.3 Å². The quantitative estimate of drug-likeness (QED) is 0.884. The summed E-state index contributed by atoms with van der Waals surface area (Å²) in [6.45, 7) is 3.60. The van der Waals surface area contributed by atoms with E-state index in [1.807, 2.05) is 18.4 Å². The van der Waals surface area contributed by atoms with E-state index >= 15 is 0 Å². The Balaban J connectivity index is 2.13. The average Bonchev–Trinajstić information content (AvgIpc) is 2.87. The normalized spacial score (nSPS) is 27.1. The number of rotatable bonds is 3. The van der Waals surface area contributed by atoms with E-state index in [1.54, 1.807) is 6.92 Å². The van der Waals surface area contributed by atoms with E-state index < -0.39 is 11.4 Å². The zero-order valence-corrected chi connectivity index (χ0v) is 11.3. The fraction of sp³-hybridized carbons (Fsp3) is 0.538. The zero-order chi connectivity index (χ0) is 13.3. The molecule has 4 nitrogen and oxygen atoms in total. The van der Waals surface area contributed by atoms with Crippen LogP contribution >= 0.6 is 11.3 Å². The van der Waals surface area contributed by atoms with Gasteiger partial charge in [0.25, 0.3) is 5.91 Å². The Kier molecular flexibility index (Phi) is 3.43. The first-order chi connectivity index (χ1) is 8.45. The molecule has 1 fully saturated rings. The number of carbonyl (C=O) groups excluding carboxylic acids is 1. The molecule has 1 saturated carbocycles. The summed E-state index contributed by atoms with van der Waals surface area (Å²) in [6, 6.07) is 1.62. The smallest absolute Gasteiger partial charge is 0.311 e. The number of aliphatic carboxylic acids is 1. The summed E-state index contributed by atoms with van der Waals surface area (Å²) in [5.41, 5.74) is 0.105. The van der Waals surface area contributed by atoms with E-state index in [1.165, 1.54) is 11.3 Å². The minimum atomic E-state index is -0.833. The number of carbonyl (C=O) groups is 2. The highest BCUT2D eigenvalue weighted by Crippen LogP contribution is 2.38. The summed E-state index contributed by atoms with van der Waals surface area (Å²) >= 11 is 1.39. The highest BCUT2D eigenvalue weighted by atomic mass is 32.1. The van der Waals surface area contributed by atoms with Crippen LogP contribution in [0.1, 0.15) is 41.4 Å². The average molecular weight is 267 g/mol. The van der Waals surface area contributed by atoms with E-state index in [-0.39, 0.29) is 11.9 Å². The molecule has 98 valence electrons. The Morgan fingerprint density at radius 2 is 2.28 bits per heavy atom. The van der Waals surface area contributed by atoms with Crippen molar-refractivity contribution in [2.75, 3.05) is 0 Å². The highest BCUT2D eigenvalue weighted by molar-refractivity contribution is 7.12. The molecular formula is C13H17NO3S. The summed E-state index contributed by atoms with van der Waals surface area (Å²) in [5.74, 6) is -0.977. The third-order valence-electron chi connectivity index (χ3n) is 3.82. The predicted molar refractivity (Wildman–Crippen MR) is 69.9 cm³/mol. The molecule has 0 aromatic carbocycles. The topological polar surface area (TPSA) is 66.4 Å². The molecule has 2 atom stereocenters. The predicted octanol–water partition coefficient (Wildman–Crippen LogP) is 2.43. The second-order valence-corrected chi connectivity index (χ2v) is 5.99. The van der Waals surface area contributed by atoms with Gasteiger partial charge in [-0.2, -0.15) is 0 Å². The maximum atomic E-state index is 12.1. The molecule has 0 bridgehead atoms. The third-order valence-corrected chi connectivity index (χ3v) is 4.84. The minimum absolute atomic E-state index is 0.151. The van der Waals surface area contributed by atoms with Crippen LogP contribution in [0.3, 0.4) is 0 Å². The van der Waals surface area contributed by atoms with Crippen molar-refractivity contribution in [1.29, 1.82) is 0 Å². The zero-order valence-electron chi connectivity index (χ0n) is 10.5. The molecule has 2 unspecified atom stereocenters. The van der Waals surface area contributed by atoms with Gasteiger partial charge in [0, 0.05) is 6.04 Å². The molecule has 18 heavy (non-hydrogen) atoms. The first-order valence-corrected chi connectivity index (χ1v) is 6.91. The molecule has 1 amide bonds. The van der Waals surface area contributed by atoms with Crippen molar-refractivity contribution in [1.82, 2.24) is 5.32 Å². The van der Waals surface area contributed by atoms with Crippen molar-refractivity contribution in [2.45, 2.75) is 39.2 Å². The Hall–Kier alpha value is -1.36. The van der Waals surface area contributed by atoms with Gasteiger partial charge in [-0.1, -0.05) is 6.42 Å². The Bertz CT molecular complexity index is 482. The van der Waals surface area contributed by atoms with Gasteiger partial charge in [0.2, 0.25) is 0 Å². The van der Waals surface area contributed by atoms with Crippen molar-refractivity contribution >= 4 is 23.2 Å². The fourth-order valence-corrected chi connectivity index (χ4v) is 3.31. The SMILES string of the molecule is Cc1ccsc1C(=O)NC1CCCC1(C)C(=O)O. The number of nitrogens with one attached hydrogen (secondary N) is 1. The van der Waals surface area contributed by atoms with Gasteiger partial charge in [0.05, 0.1) is 10.3 Å². The van der Waals surface area contributed by atoms with E-state index in [2.05, 4.69) is 5.32 Å². The van der Waals surface area contributed by atoms with E-state index in [9.17, 15) is 14.7 Å². The largest absolute Gasteiger partial charge is 0.481 e. The van der Waals surface area contributed by atoms with Crippen molar-refractivity contribution in [3.05, 3.63) is 21.9 Å². The number of thiophene rings is 1. The Morgan fingerprint density at radius 3 is 2.83 bits per heavy atom. The molecule has 0 aliphatic heterocycles. The monoisotopic (exact) mass is 267 g/mol. The Labute approximate surface area is 110 Å². The van der Waals surface area contributed by atoms with Crippen molar-refractivity contribution in [3.63, 3.8) is 0 Å². The molecule has 1 aromatic rings. The number of hydrogen-bond acceptors (Lipinski definition) is 3. The van der Waals surface area contributed by atoms with Gasteiger partial charge in [0.1, 0.15) is 0 Å². The minimum Gasteiger partial charge on any atom is -0.481 e. The molecule has 0 spiro atoms. The van der Waals surface area contributed by atoms with Crippen LogP contribution in [0.25, 0.3) is 0 Å². The maximum absolute atomic E-state index is 12.1. The summed E-state index contributed by atoms with van der Waals surface area (Å²) in [4.78, 5) is 24.1. The van der Waals surface area contributed by atoms with Gasteiger partial charge in [-0.3, -0.25) is 9.59 Å². The summed E-state index contributed by atoms with van der Waals surface area (Å²) in [7, 11) is 0. The molecule has 0 radical (unpaired) electrons. The van der Waals surface area contributed by atoms with Crippen LogP contribution in [0.5, 0.6) is 0 Å². The number of aryl methyl sites for hydroxylation is 1. The third kappa shape index (κ3) is 2.14. The lowest BCUT2D eigenvalue weighted by molar-refractivity contribution is -0.148. The van der Waals surface area contributed by atoms with Crippen LogP contribution < -0.4 is 5.32 Å². The number of carboxylic acid groups (broad SMARTS) is 1. The lowest BCUT2D eigenvalue weighted by Crippen LogP contribution is -2.47. The van der Waals surface area contributed by atoms with Crippen LogP contribution in [0.4, 0.5) is 0 Å². The van der Waals surface area contributed by atoms with Gasteiger partial charge in [-0.25, -0.2) is 0 Å². The standard InChI is InChI=1S/C13H17NO3S/c1-8-5-7-18-10(8)11(15)14-9-4-3-6-13(9,2)12(16)17/h5,7,9H,3-4,6H2,1-2H3,(H,14,15)(H,16,17). The van der Waals surface area contributed by atoms with Crippen LogP contribution in [0.2, 0.25) is 0 Å². The first-order valence-electron chi connectivity index (χ1n) is 6.03. The first kappa shape index (κ1) is 13.1. The fourth-order valence-electron chi connectivity index (χ4n) is 2.48. The van der Waals surface area contributed by atoms with E-state index in [0.29, 0.717) is 11.3 Å². The van der Waals surface area contributed by atoms with Gasteiger partial charge in [-0.05, 0) is 43.7 Å². The van der Waals surface area contributed by atoms with Crippen molar-refractivity contribution in [3.8, 4) is 0 Å². The van der Waals surface area contributed by atoms with Crippen LogP contribution in [-0.4, -0.2) is 23.0 Å². The molecule has 5 heteroatoms. The molecule has 1 aromatic heterocycles. The molecule has 0 saturated heterocycles. The number of hydrogen-bond donors (Lipinski definition) is 2. The number of amides is 1. The molecule has 1 aliphatic rings. The lowest BCUT2D eigenvalue weighted by atomic mass is 9.85. The summed E-state index contributed by atoms with van der Waals surface area (Å²) in [6.07, 6.45) is 2.20. The molecule has 2 N–H and O–H groups in total. The maximum Gasteiger partial charge on any atom is 0.311 e. The lowest BCUT2D eigenvalue weighted by Gasteiger charge is -2.27. The van der Waals surface area contributed by atoms with E-state index in [0.717, 1.165) is 18.4 Å². The summed E-state index contributed by atoms with van der Waals surface area (Å²) in [5, 5.41) is 14.0. The summed E-state index contributed by atoms with van der Waals surface area (Å²) < 4.78 is 0. The second-order valence-electron chi connectivity index (χ2n) is 5.07. The molecule has 1 aliphatic carbocycles. The van der Waals surface area contributed by atoms with Gasteiger partial charge >= 0.3 is 5.97 Å². The van der Waals surface area contributed by atoms with Gasteiger partial charge < -0.3 is 10.4 Å². The second kappa shape index (κ2) is 4.72. The van der Waals surface area contributed by atoms with E-state index in [4.69, 9.17) is 0 Å². The molecule has 1 heterocycles. The van der Waals surface area contributed by atoms with Crippen LogP contribution in [0, 0.1) is 12.3 Å². The van der Waals surface area contributed by atoms with Crippen molar-refractivity contribution < 1.29 is 14.7 Å². The number of carboxylic acids is 1. The van der Waals surface area contributed by atoms with Crippen LogP contribution in [0.15, 0.2) is 11.4 Å². The highest BCUT2D eigenvalue weighted by Gasteiger charge is 2.46. The van der Waals surface area contributed by atoms with Gasteiger partial charge in [0.15, 0.2) is 0 Å². The van der Waals surface area contributed by atoms with Crippen LogP contribution in [-0.2, 0) is 4.79 Å². The van der Waals surface area contributed by atoms with Crippen molar-refractivity contribution in [2.24, 2.45) is 5.41 Å².